The lowest BCUT2D eigenvalue weighted by molar-refractivity contribution is 0.0709. The Balaban J connectivity index is 1.55. The van der Waals surface area contributed by atoms with Crippen molar-refractivity contribution in [2.75, 3.05) is 39.5 Å². The first-order valence-electron chi connectivity index (χ1n) is 7.84. The van der Waals surface area contributed by atoms with Gasteiger partial charge in [-0.2, -0.15) is 0 Å². The molecule has 4 heteroatoms. The summed E-state index contributed by atoms with van der Waals surface area (Å²) >= 11 is 6.08. The van der Waals surface area contributed by atoms with Crippen LogP contribution in [0.5, 0.6) is 5.75 Å². The van der Waals surface area contributed by atoms with Crippen molar-refractivity contribution in [3.8, 4) is 5.75 Å². The molecule has 0 aliphatic carbocycles. The summed E-state index contributed by atoms with van der Waals surface area (Å²) in [5, 5.41) is 0.656. The van der Waals surface area contributed by atoms with E-state index in [1.54, 1.807) is 0 Å². The van der Waals surface area contributed by atoms with E-state index in [9.17, 15) is 0 Å². The van der Waals surface area contributed by atoms with Gasteiger partial charge in [0.05, 0.1) is 18.2 Å². The quantitative estimate of drug-likeness (QED) is 0.715. The third-order valence-electron chi connectivity index (χ3n) is 4.00. The van der Waals surface area contributed by atoms with Crippen LogP contribution in [-0.2, 0) is 4.74 Å². The van der Waals surface area contributed by atoms with Crippen molar-refractivity contribution >= 4 is 11.6 Å². The summed E-state index contributed by atoms with van der Waals surface area (Å²) in [6.45, 7) is 9.73. The van der Waals surface area contributed by atoms with Gasteiger partial charge in [-0.15, -0.1) is 0 Å². The summed E-state index contributed by atoms with van der Waals surface area (Å²) in [6, 6.07) is 5.80. The van der Waals surface area contributed by atoms with Gasteiger partial charge in [-0.3, -0.25) is 0 Å². The highest BCUT2D eigenvalue weighted by molar-refractivity contribution is 6.32. The van der Waals surface area contributed by atoms with Crippen LogP contribution in [0, 0.1) is 12.8 Å². The van der Waals surface area contributed by atoms with Gasteiger partial charge in [0.1, 0.15) is 12.4 Å². The van der Waals surface area contributed by atoms with Gasteiger partial charge in [-0.25, -0.2) is 0 Å². The molecule has 2 rings (SSSR count). The van der Waals surface area contributed by atoms with Gasteiger partial charge in [0.25, 0.3) is 0 Å². The van der Waals surface area contributed by atoms with Crippen LogP contribution >= 0.6 is 11.6 Å². The topological polar surface area (TPSA) is 21.7 Å². The molecule has 1 saturated heterocycles. The molecule has 0 radical (unpaired) electrons. The fourth-order valence-corrected chi connectivity index (χ4v) is 2.69. The van der Waals surface area contributed by atoms with Crippen LogP contribution in [0.1, 0.15) is 25.3 Å². The van der Waals surface area contributed by atoms with Crippen LogP contribution < -0.4 is 4.74 Å². The van der Waals surface area contributed by atoms with E-state index < -0.39 is 0 Å². The predicted octanol–water partition coefficient (Wildman–Crippen LogP) is 3.78. The van der Waals surface area contributed by atoms with Crippen LogP contribution in [-0.4, -0.2) is 44.4 Å². The zero-order chi connectivity index (χ0) is 15.1. The molecule has 0 amide bonds. The summed E-state index contributed by atoms with van der Waals surface area (Å²) in [6.07, 6.45) is 2.63. The maximum absolute atomic E-state index is 6.08. The number of likely N-dealkylation sites (tertiary alicyclic amines) is 1. The van der Waals surface area contributed by atoms with Gasteiger partial charge in [0.2, 0.25) is 0 Å². The van der Waals surface area contributed by atoms with Gasteiger partial charge < -0.3 is 14.4 Å². The summed E-state index contributed by atoms with van der Waals surface area (Å²) in [4.78, 5) is 2.48. The molecule has 3 nitrogen and oxygen atoms in total. The van der Waals surface area contributed by atoms with E-state index in [0.717, 1.165) is 30.4 Å². The largest absolute Gasteiger partial charge is 0.490 e. The molecule has 0 spiro atoms. The first-order valence-corrected chi connectivity index (χ1v) is 8.22. The molecular weight excluding hydrogens is 286 g/mol. The number of piperidine rings is 1. The van der Waals surface area contributed by atoms with Crippen molar-refractivity contribution in [3.63, 3.8) is 0 Å². The number of hydrogen-bond donors (Lipinski definition) is 0. The lowest BCUT2D eigenvalue weighted by Gasteiger charge is -2.29. The minimum atomic E-state index is 0.542. The molecule has 1 heterocycles. The van der Waals surface area contributed by atoms with E-state index in [1.807, 2.05) is 25.1 Å². The van der Waals surface area contributed by atoms with E-state index in [4.69, 9.17) is 21.1 Å². The zero-order valence-corrected chi connectivity index (χ0v) is 13.9. The normalized spacial score (nSPS) is 17.1. The molecule has 0 aromatic heterocycles. The maximum atomic E-state index is 6.08. The highest BCUT2D eigenvalue weighted by Crippen LogP contribution is 2.25. The van der Waals surface area contributed by atoms with Crippen LogP contribution in [0.15, 0.2) is 18.2 Å². The smallest absolute Gasteiger partial charge is 0.138 e. The number of aryl methyl sites for hydroxylation is 1. The second-order valence-corrected chi connectivity index (χ2v) is 6.33. The third kappa shape index (κ3) is 5.85. The van der Waals surface area contributed by atoms with E-state index in [1.165, 1.54) is 25.9 Å². The van der Waals surface area contributed by atoms with Crippen molar-refractivity contribution in [1.29, 1.82) is 0 Å². The summed E-state index contributed by atoms with van der Waals surface area (Å²) in [5.74, 6) is 1.62. The summed E-state index contributed by atoms with van der Waals surface area (Å²) < 4.78 is 11.3. The molecule has 1 aliphatic heterocycles. The van der Waals surface area contributed by atoms with Crippen molar-refractivity contribution in [3.05, 3.63) is 28.8 Å². The van der Waals surface area contributed by atoms with Crippen LogP contribution in [0.4, 0.5) is 0 Å². The molecule has 0 unspecified atom stereocenters. The Labute approximate surface area is 133 Å². The van der Waals surface area contributed by atoms with Crippen LogP contribution in [0.3, 0.4) is 0 Å². The Morgan fingerprint density at radius 1 is 1.19 bits per heavy atom. The second kappa shape index (κ2) is 8.62. The first kappa shape index (κ1) is 16.6. The number of nitrogens with zero attached hydrogens (tertiary/aromatic N) is 1. The van der Waals surface area contributed by atoms with Gasteiger partial charge in [-0.1, -0.05) is 24.6 Å². The fraction of sp³-hybridized carbons (Fsp3) is 0.647. The number of rotatable bonds is 7. The molecule has 1 aliphatic rings. The third-order valence-corrected chi connectivity index (χ3v) is 4.31. The Bertz CT molecular complexity index is 431. The van der Waals surface area contributed by atoms with Crippen molar-refractivity contribution in [2.45, 2.75) is 26.7 Å². The summed E-state index contributed by atoms with van der Waals surface area (Å²) in [7, 11) is 0. The monoisotopic (exact) mass is 311 g/mol. The van der Waals surface area contributed by atoms with Gasteiger partial charge in [-0.05, 0) is 56.5 Å². The molecule has 0 saturated carbocycles. The van der Waals surface area contributed by atoms with Crippen LogP contribution in [0.25, 0.3) is 0 Å². The van der Waals surface area contributed by atoms with E-state index in [2.05, 4.69) is 11.8 Å². The van der Waals surface area contributed by atoms with Gasteiger partial charge >= 0.3 is 0 Å². The van der Waals surface area contributed by atoms with E-state index in [-0.39, 0.29) is 0 Å². The molecule has 0 N–H and O–H groups in total. The second-order valence-electron chi connectivity index (χ2n) is 5.92. The number of halogens is 1. The van der Waals surface area contributed by atoms with Gasteiger partial charge in [0, 0.05) is 6.54 Å². The minimum Gasteiger partial charge on any atom is -0.490 e. The zero-order valence-electron chi connectivity index (χ0n) is 13.1. The Kier molecular flexibility index (Phi) is 6.81. The lowest BCUT2D eigenvalue weighted by Crippen LogP contribution is -2.35. The Hall–Kier alpha value is -0.770. The molecule has 0 bridgehead atoms. The van der Waals surface area contributed by atoms with Gasteiger partial charge in [0.15, 0.2) is 0 Å². The van der Waals surface area contributed by atoms with Crippen LogP contribution in [0.2, 0.25) is 5.02 Å². The molecule has 21 heavy (non-hydrogen) atoms. The molecular formula is C17H26ClNO2. The Morgan fingerprint density at radius 3 is 2.71 bits per heavy atom. The fourth-order valence-electron chi connectivity index (χ4n) is 2.51. The maximum Gasteiger partial charge on any atom is 0.138 e. The minimum absolute atomic E-state index is 0.542. The molecule has 1 fully saturated rings. The van der Waals surface area contributed by atoms with Crippen molar-refractivity contribution in [1.82, 2.24) is 4.90 Å². The number of hydrogen-bond acceptors (Lipinski definition) is 3. The van der Waals surface area contributed by atoms with E-state index in [0.29, 0.717) is 18.2 Å². The summed E-state index contributed by atoms with van der Waals surface area (Å²) in [5.41, 5.74) is 1.15. The highest BCUT2D eigenvalue weighted by Gasteiger charge is 2.14. The van der Waals surface area contributed by atoms with Crippen molar-refractivity contribution in [2.24, 2.45) is 5.92 Å². The lowest BCUT2D eigenvalue weighted by atomic mass is 9.99. The SMILES string of the molecule is Cc1ccc(Cl)c(OCCOCCN2CCC(C)CC2)c1. The Morgan fingerprint density at radius 2 is 1.95 bits per heavy atom. The highest BCUT2D eigenvalue weighted by atomic mass is 35.5. The standard InChI is InChI=1S/C17H26ClNO2/c1-14-5-7-19(8-6-14)9-10-20-11-12-21-17-13-15(2)3-4-16(17)18/h3-4,13-14H,5-12H2,1-2H3. The average molecular weight is 312 g/mol. The number of benzene rings is 1. The molecule has 0 atom stereocenters. The first-order chi connectivity index (χ1) is 10.1. The van der Waals surface area contributed by atoms with Crippen molar-refractivity contribution < 1.29 is 9.47 Å². The molecule has 1 aromatic rings. The molecule has 118 valence electrons. The van der Waals surface area contributed by atoms with E-state index >= 15 is 0 Å². The molecule has 1 aromatic carbocycles. The average Bonchev–Trinajstić information content (AvgIpc) is 2.48. The predicted molar refractivity (Wildman–Crippen MR) is 87.3 cm³/mol. The number of ether oxygens (including phenoxy) is 2.